The Hall–Kier alpha value is -6.64. The average molecular weight is 665 g/mol. The van der Waals surface area contributed by atoms with Crippen LogP contribution in [0.4, 0.5) is 28.4 Å². The second-order valence-electron chi connectivity index (χ2n) is 13.6. The van der Waals surface area contributed by atoms with Crippen molar-refractivity contribution in [2.24, 2.45) is 0 Å². The molecule has 0 aliphatic heterocycles. The van der Waals surface area contributed by atoms with E-state index in [2.05, 4.69) is 216 Å². The van der Waals surface area contributed by atoms with Crippen LogP contribution in [0.15, 0.2) is 212 Å². The Morgan fingerprint density at radius 3 is 1.37 bits per heavy atom. The van der Waals surface area contributed by atoms with Gasteiger partial charge in [-0.3, -0.25) is 0 Å². The third kappa shape index (κ3) is 4.44. The van der Waals surface area contributed by atoms with Gasteiger partial charge in [0, 0.05) is 33.9 Å². The number of hydrogen-bond acceptors (Lipinski definition) is 2. The van der Waals surface area contributed by atoms with Gasteiger partial charge in [0.25, 0.3) is 0 Å². The van der Waals surface area contributed by atoms with Crippen LogP contribution in [-0.2, 0) is 5.41 Å². The zero-order chi connectivity index (χ0) is 34.5. The topological polar surface area (TPSA) is 6.48 Å². The fraction of sp³-hybridized carbons (Fsp3) is 0.0400. The summed E-state index contributed by atoms with van der Waals surface area (Å²) in [6.07, 6.45) is 12.1. The molecule has 0 amide bonds. The highest BCUT2D eigenvalue weighted by atomic mass is 15.2. The lowest BCUT2D eigenvalue weighted by Gasteiger charge is -2.32. The normalized spacial score (nSPS) is 16.0. The van der Waals surface area contributed by atoms with Gasteiger partial charge in [0.1, 0.15) is 0 Å². The standard InChI is InChI=1S/C50H36N2/c1-2-7-21-36(20-6-1)51(37-22-8-3-9-23-37)46-34-18-32-44-48(46)40-28-14-16-30-42(40)50(44)43-31-17-15-29-41(43)49-45(50)33-19-35-47(49)52(38-24-10-4-11-25-38)39-26-12-5-13-27-39/h1,3-35H,2H2. The van der Waals surface area contributed by atoms with Gasteiger partial charge >= 0.3 is 0 Å². The van der Waals surface area contributed by atoms with Crippen LogP contribution in [0.1, 0.15) is 28.7 Å². The molecule has 0 saturated heterocycles. The second kappa shape index (κ2) is 12.3. The van der Waals surface area contributed by atoms with Crippen LogP contribution in [0.5, 0.6) is 0 Å². The van der Waals surface area contributed by atoms with Gasteiger partial charge in [0.05, 0.1) is 16.8 Å². The highest BCUT2D eigenvalue weighted by molar-refractivity contribution is 6.03. The van der Waals surface area contributed by atoms with E-state index in [-0.39, 0.29) is 0 Å². The zero-order valence-corrected chi connectivity index (χ0v) is 28.7. The molecular weight excluding hydrogens is 629 g/mol. The lowest BCUT2D eigenvalue weighted by molar-refractivity contribution is 0.793. The SMILES string of the molecule is C1=CCC=CC(N(c2ccccc2)c2cccc3c2-c2ccccc2C32c3ccccc3-c3c(N(c4ccccc4)c4ccccc4)cccc32)=C1. The molecule has 0 fully saturated rings. The van der Waals surface area contributed by atoms with Gasteiger partial charge in [-0.15, -0.1) is 0 Å². The molecule has 7 aromatic carbocycles. The van der Waals surface area contributed by atoms with E-state index in [1.807, 2.05) is 0 Å². The fourth-order valence-corrected chi connectivity index (χ4v) is 8.87. The summed E-state index contributed by atoms with van der Waals surface area (Å²) in [6.45, 7) is 0. The Morgan fingerprint density at radius 1 is 0.385 bits per heavy atom. The van der Waals surface area contributed by atoms with Crippen molar-refractivity contribution in [3.8, 4) is 22.3 Å². The first-order valence-electron chi connectivity index (χ1n) is 18.1. The van der Waals surface area contributed by atoms with E-state index < -0.39 is 5.41 Å². The van der Waals surface area contributed by atoms with Crippen molar-refractivity contribution < 1.29 is 0 Å². The fourth-order valence-electron chi connectivity index (χ4n) is 8.87. The molecule has 52 heavy (non-hydrogen) atoms. The highest BCUT2D eigenvalue weighted by Crippen LogP contribution is 2.66. The maximum Gasteiger partial charge on any atom is 0.0727 e. The summed E-state index contributed by atoms with van der Waals surface area (Å²) < 4.78 is 0. The molecule has 3 aliphatic carbocycles. The molecule has 1 unspecified atom stereocenters. The van der Waals surface area contributed by atoms with Gasteiger partial charge in [-0.05, 0) is 100 Å². The van der Waals surface area contributed by atoms with Crippen molar-refractivity contribution in [3.05, 3.63) is 234 Å². The van der Waals surface area contributed by atoms with Crippen molar-refractivity contribution in [2.75, 3.05) is 9.80 Å². The number of anilines is 5. The van der Waals surface area contributed by atoms with Crippen LogP contribution in [0.3, 0.4) is 0 Å². The van der Waals surface area contributed by atoms with Crippen LogP contribution >= 0.6 is 0 Å². The summed E-state index contributed by atoms with van der Waals surface area (Å²) in [5.41, 5.74) is 16.8. The maximum atomic E-state index is 2.44. The third-order valence-electron chi connectivity index (χ3n) is 10.8. The minimum atomic E-state index is -0.501. The summed E-state index contributed by atoms with van der Waals surface area (Å²) in [4.78, 5) is 4.86. The van der Waals surface area contributed by atoms with Crippen LogP contribution in [0, 0.1) is 0 Å². The molecule has 0 saturated carbocycles. The minimum Gasteiger partial charge on any atom is -0.310 e. The van der Waals surface area contributed by atoms with E-state index in [1.165, 1.54) is 55.9 Å². The highest BCUT2D eigenvalue weighted by Gasteiger charge is 2.53. The Balaban J connectivity index is 1.29. The molecule has 3 aliphatic rings. The van der Waals surface area contributed by atoms with Crippen LogP contribution < -0.4 is 9.80 Å². The lowest BCUT2D eigenvalue weighted by atomic mass is 9.70. The number of allylic oxidation sites excluding steroid dienone is 5. The number of nitrogens with zero attached hydrogens (tertiary/aromatic N) is 2. The van der Waals surface area contributed by atoms with Gasteiger partial charge in [-0.1, -0.05) is 146 Å². The minimum absolute atomic E-state index is 0.501. The molecule has 1 spiro atoms. The molecule has 7 aromatic rings. The molecular formula is C50H36N2. The Morgan fingerprint density at radius 2 is 0.827 bits per heavy atom. The first kappa shape index (κ1) is 30.2. The molecule has 1 atom stereocenters. The molecule has 2 heteroatoms. The summed E-state index contributed by atoms with van der Waals surface area (Å²) >= 11 is 0. The molecule has 0 heterocycles. The van der Waals surface area contributed by atoms with E-state index in [0.717, 1.165) is 29.2 Å². The molecule has 10 rings (SSSR count). The molecule has 0 radical (unpaired) electrons. The van der Waals surface area contributed by atoms with E-state index in [0.29, 0.717) is 0 Å². The number of fused-ring (bicyclic) bond motifs is 10. The largest absolute Gasteiger partial charge is 0.310 e. The number of benzene rings is 7. The second-order valence-corrected chi connectivity index (χ2v) is 13.6. The summed E-state index contributed by atoms with van der Waals surface area (Å²) in [6, 6.07) is 64.4. The van der Waals surface area contributed by atoms with Crippen molar-refractivity contribution in [1.29, 1.82) is 0 Å². The van der Waals surface area contributed by atoms with Crippen molar-refractivity contribution in [3.63, 3.8) is 0 Å². The smallest absolute Gasteiger partial charge is 0.0727 e. The summed E-state index contributed by atoms with van der Waals surface area (Å²) in [7, 11) is 0. The molecule has 246 valence electrons. The van der Waals surface area contributed by atoms with Crippen LogP contribution in [0.2, 0.25) is 0 Å². The predicted octanol–water partition coefficient (Wildman–Crippen LogP) is 13.0. The Bertz CT molecular complexity index is 2510. The van der Waals surface area contributed by atoms with Gasteiger partial charge in [0.2, 0.25) is 0 Å². The molecule has 0 N–H and O–H groups in total. The molecule has 0 aromatic heterocycles. The Kier molecular flexibility index (Phi) is 7.14. The number of rotatable bonds is 6. The van der Waals surface area contributed by atoms with Crippen LogP contribution in [0.25, 0.3) is 22.3 Å². The van der Waals surface area contributed by atoms with Crippen molar-refractivity contribution in [1.82, 2.24) is 0 Å². The quantitative estimate of drug-likeness (QED) is 0.175. The van der Waals surface area contributed by atoms with E-state index >= 15 is 0 Å². The average Bonchev–Trinajstić information content (AvgIpc) is 3.52. The van der Waals surface area contributed by atoms with E-state index in [1.54, 1.807) is 0 Å². The predicted molar refractivity (Wildman–Crippen MR) is 217 cm³/mol. The van der Waals surface area contributed by atoms with Crippen molar-refractivity contribution >= 4 is 28.4 Å². The van der Waals surface area contributed by atoms with Crippen LogP contribution in [-0.4, -0.2) is 0 Å². The van der Waals surface area contributed by atoms with Gasteiger partial charge in [-0.2, -0.15) is 0 Å². The third-order valence-corrected chi connectivity index (χ3v) is 10.8. The Labute approximate surface area is 305 Å². The first-order valence-corrected chi connectivity index (χ1v) is 18.1. The first-order chi connectivity index (χ1) is 25.9. The lowest BCUT2D eigenvalue weighted by Crippen LogP contribution is -2.26. The monoisotopic (exact) mass is 664 g/mol. The van der Waals surface area contributed by atoms with Gasteiger partial charge in [0.15, 0.2) is 0 Å². The molecule has 2 nitrogen and oxygen atoms in total. The number of para-hydroxylation sites is 3. The van der Waals surface area contributed by atoms with E-state index in [4.69, 9.17) is 0 Å². The summed E-state index contributed by atoms with van der Waals surface area (Å²) in [5.74, 6) is 0. The zero-order valence-electron chi connectivity index (χ0n) is 28.7. The van der Waals surface area contributed by atoms with Gasteiger partial charge < -0.3 is 9.80 Å². The van der Waals surface area contributed by atoms with Crippen molar-refractivity contribution in [2.45, 2.75) is 11.8 Å². The summed E-state index contributed by atoms with van der Waals surface area (Å²) in [5, 5.41) is 0. The maximum absolute atomic E-state index is 2.44. The van der Waals surface area contributed by atoms with E-state index in [9.17, 15) is 0 Å². The number of hydrogen-bond donors (Lipinski definition) is 0. The van der Waals surface area contributed by atoms with Gasteiger partial charge in [-0.25, -0.2) is 0 Å². The molecule has 0 bridgehead atoms.